The molecule has 2 N–H and O–H groups in total. The van der Waals surface area contributed by atoms with Crippen LogP contribution in [0.2, 0.25) is 0 Å². The van der Waals surface area contributed by atoms with E-state index in [0.29, 0.717) is 12.0 Å². The molecule has 1 saturated heterocycles. The summed E-state index contributed by atoms with van der Waals surface area (Å²) in [6.07, 6.45) is 5.63. The van der Waals surface area contributed by atoms with Gasteiger partial charge in [-0.2, -0.15) is 0 Å². The van der Waals surface area contributed by atoms with Crippen LogP contribution in [-0.2, 0) is 13.0 Å². The van der Waals surface area contributed by atoms with E-state index in [1.54, 1.807) is 11.3 Å². The Morgan fingerprint density at radius 3 is 2.88 bits per heavy atom. The zero-order valence-electron chi connectivity index (χ0n) is 15.3. The maximum absolute atomic E-state index is 4.44. The summed E-state index contributed by atoms with van der Waals surface area (Å²) in [6.45, 7) is 10.9. The Morgan fingerprint density at radius 2 is 2.25 bits per heavy atom. The molecule has 1 unspecified atom stereocenters. The number of thiazole rings is 1. The lowest BCUT2D eigenvalue weighted by Gasteiger charge is -2.35. The number of halogens is 1. The Bertz CT molecular complexity index is 503. The van der Waals surface area contributed by atoms with E-state index in [4.69, 9.17) is 0 Å². The maximum atomic E-state index is 4.44. The molecule has 5 nitrogen and oxygen atoms in total. The van der Waals surface area contributed by atoms with Gasteiger partial charge < -0.3 is 15.5 Å². The van der Waals surface area contributed by atoms with Gasteiger partial charge in [0.25, 0.3) is 0 Å². The van der Waals surface area contributed by atoms with Gasteiger partial charge >= 0.3 is 0 Å². The second-order valence-corrected chi connectivity index (χ2v) is 7.68. The van der Waals surface area contributed by atoms with Crippen molar-refractivity contribution in [1.82, 2.24) is 20.5 Å². The lowest BCUT2D eigenvalue weighted by atomic mass is 9.97. The number of piperidine rings is 1. The van der Waals surface area contributed by atoms with Gasteiger partial charge in [0.1, 0.15) is 5.01 Å². The summed E-state index contributed by atoms with van der Waals surface area (Å²) in [5.74, 6) is 1.58. The number of rotatable bonds is 6. The van der Waals surface area contributed by atoms with Crippen molar-refractivity contribution in [2.24, 2.45) is 10.9 Å². The third-order valence-electron chi connectivity index (χ3n) is 4.42. The summed E-state index contributed by atoms with van der Waals surface area (Å²) in [4.78, 5) is 12.7. The molecule has 0 bridgehead atoms. The van der Waals surface area contributed by atoms with Gasteiger partial charge in [0.05, 0.1) is 6.54 Å². The van der Waals surface area contributed by atoms with Crippen LogP contribution in [0.15, 0.2) is 11.2 Å². The minimum atomic E-state index is 0. The van der Waals surface area contributed by atoms with Gasteiger partial charge in [0.2, 0.25) is 0 Å². The van der Waals surface area contributed by atoms with Crippen LogP contribution < -0.4 is 10.6 Å². The first-order valence-electron chi connectivity index (χ1n) is 8.74. The molecule has 0 aromatic carbocycles. The lowest BCUT2D eigenvalue weighted by Crippen LogP contribution is -2.45. The van der Waals surface area contributed by atoms with E-state index in [1.807, 2.05) is 13.2 Å². The van der Waals surface area contributed by atoms with Crippen molar-refractivity contribution in [3.8, 4) is 0 Å². The molecule has 0 amide bonds. The number of nitrogens with one attached hydrogen (secondary N) is 2. The van der Waals surface area contributed by atoms with E-state index in [-0.39, 0.29) is 24.0 Å². The van der Waals surface area contributed by atoms with Crippen molar-refractivity contribution in [2.75, 3.05) is 26.7 Å². The number of aromatic nitrogens is 1. The van der Waals surface area contributed by atoms with Gasteiger partial charge in [-0.3, -0.25) is 4.99 Å². The Kier molecular flexibility index (Phi) is 10.1. The molecule has 2 heterocycles. The standard InChI is InChI=1S/C17H31N5S.HI/c1-5-15-10-19-16(23-15)11-21-17(18-4)20-9-14-7-6-8-22(12-14)13(2)3;/h10,13-14H,5-9,11-12H2,1-4H3,(H2,18,20,21);1H. The Morgan fingerprint density at radius 1 is 1.46 bits per heavy atom. The van der Waals surface area contributed by atoms with Gasteiger partial charge in [0.15, 0.2) is 5.96 Å². The summed E-state index contributed by atoms with van der Waals surface area (Å²) >= 11 is 1.77. The molecule has 7 heteroatoms. The molecule has 0 aliphatic carbocycles. The van der Waals surface area contributed by atoms with E-state index in [0.717, 1.165) is 30.5 Å². The highest BCUT2D eigenvalue weighted by molar-refractivity contribution is 14.0. The summed E-state index contributed by atoms with van der Waals surface area (Å²) in [5, 5.41) is 7.97. The fourth-order valence-corrected chi connectivity index (χ4v) is 3.75. The second-order valence-electron chi connectivity index (χ2n) is 6.48. The van der Waals surface area contributed by atoms with Gasteiger partial charge in [-0.05, 0) is 45.6 Å². The smallest absolute Gasteiger partial charge is 0.191 e. The average molecular weight is 465 g/mol. The van der Waals surface area contributed by atoms with Crippen LogP contribution in [0.25, 0.3) is 0 Å². The van der Waals surface area contributed by atoms with Crippen LogP contribution in [0.1, 0.15) is 43.5 Å². The molecule has 1 atom stereocenters. The molecule has 1 aliphatic rings. The normalized spacial score (nSPS) is 19.2. The van der Waals surface area contributed by atoms with Crippen LogP contribution >= 0.6 is 35.3 Å². The number of aryl methyl sites for hydroxylation is 1. The molecule has 0 spiro atoms. The van der Waals surface area contributed by atoms with E-state index in [2.05, 4.69) is 46.3 Å². The van der Waals surface area contributed by atoms with Gasteiger partial charge in [-0.15, -0.1) is 35.3 Å². The molecule has 1 aromatic heterocycles. The fraction of sp³-hybridized carbons (Fsp3) is 0.765. The molecule has 1 aliphatic heterocycles. The van der Waals surface area contributed by atoms with Gasteiger partial charge in [0, 0.05) is 37.3 Å². The lowest BCUT2D eigenvalue weighted by molar-refractivity contribution is 0.141. The highest BCUT2D eigenvalue weighted by atomic mass is 127. The second kappa shape index (κ2) is 11.3. The van der Waals surface area contributed by atoms with Crippen LogP contribution in [0.3, 0.4) is 0 Å². The average Bonchev–Trinajstić information content (AvgIpc) is 3.03. The van der Waals surface area contributed by atoms with Crippen LogP contribution in [0, 0.1) is 5.92 Å². The largest absolute Gasteiger partial charge is 0.356 e. The van der Waals surface area contributed by atoms with Crippen molar-refractivity contribution in [3.63, 3.8) is 0 Å². The van der Waals surface area contributed by atoms with Crippen molar-refractivity contribution < 1.29 is 0 Å². The van der Waals surface area contributed by atoms with Crippen LogP contribution in [0.4, 0.5) is 0 Å². The minimum absolute atomic E-state index is 0. The topological polar surface area (TPSA) is 52.6 Å². The summed E-state index contributed by atoms with van der Waals surface area (Å²) < 4.78 is 0. The fourth-order valence-electron chi connectivity index (χ4n) is 2.95. The Hall–Kier alpha value is -0.410. The third-order valence-corrected chi connectivity index (χ3v) is 5.56. The first-order valence-corrected chi connectivity index (χ1v) is 9.56. The highest BCUT2D eigenvalue weighted by Gasteiger charge is 2.21. The van der Waals surface area contributed by atoms with E-state index in [1.165, 1.54) is 30.8 Å². The monoisotopic (exact) mass is 465 g/mol. The van der Waals surface area contributed by atoms with Crippen molar-refractivity contribution in [2.45, 2.75) is 52.6 Å². The molecule has 0 radical (unpaired) electrons. The number of likely N-dealkylation sites (tertiary alicyclic amines) is 1. The third kappa shape index (κ3) is 6.84. The quantitative estimate of drug-likeness (QED) is 0.385. The number of nitrogens with zero attached hydrogens (tertiary/aromatic N) is 3. The molecular weight excluding hydrogens is 433 g/mol. The first kappa shape index (κ1) is 21.6. The predicted molar refractivity (Wildman–Crippen MR) is 115 cm³/mol. The number of aliphatic imine (C=N–C) groups is 1. The van der Waals surface area contributed by atoms with Crippen molar-refractivity contribution >= 4 is 41.3 Å². The Labute approximate surface area is 167 Å². The van der Waals surface area contributed by atoms with Gasteiger partial charge in [-0.25, -0.2) is 4.98 Å². The number of guanidine groups is 1. The Balaban J connectivity index is 0.00000288. The molecule has 138 valence electrons. The predicted octanol–water partition coefficient (Wildman–Crippen LogP) is 3.11. The highest BCUT2D eigenvalue weighted by Crippen LogP contribution is 2.17. The molecule has 0 saturated carbocycles. The number of hydrogen-bond donors (Lipinski definition) is 2. The van der Waals surface area contributed by atoms with Crippen LogP contribution in [0.5, 0.6) is 0 Å². The zero-order valence-corrected chi connectivity index (χ0v) is 18.5. The van der Waals surface area contributed by atoms with Crippen molar-refractivity contribution in [3.05, 3.63) is 16.1 Å². The molecule has 1 fully saturated rings. The summed E-state index contributed by atoms with van der Waals surface area (Å²) in [6, 6.07) is 0.646. The van der Waals surface area contributed by atoms with E-state index in [9.17, 15) is 0 Å². The maximum Gasteiger partial charge on any atom is 0.191 e. The van der Waals surface area contributed by atoms with Crippen LogP contribution in [-0.4, -0.2) is 48.6 Å². The van der Waals surface area contributed by atoms with Gasteiger partial charge in [-0.1, -0.05) is 6.92 Å². The SMILES string of the molecule is CCc1cnc(CNC(=NC)NCC2CCCN(C(C)C)C2)s1.I. The first-order chi connectivity index (χ1) is 11.1. The molecule has 24 heavy (non-hydrogen) atoms. The van der Waals surface area contributed by atoms with E-state index >= 15 is 0 Å². The number of hydrogen-bond acceptors (Lipinski definition) is 4. The molecule has 1 aromatic rings. The van der Waals surface area contributed by atoms with E-state index < -0.39 is 0 Å². The minimum Gasteiger partial charge on any atom is -0.356 e. The zero-order chi connectivity index (χ0) is 16.7. The summed E-state index contributed by atoms with van der Waals surface area (Å²) in [7, 11) is 1.83. The molecule has 2 rings (SSSR count). The van der Waals surface area contributed by atoms with Crippen molar-refractivity contribution in [1.29, 1.82) is 0 Å². The molecular formula is C17H32IN5S. The summed E-state index contributed by atoms with van der Waals surface area (Å²) in [5.41, 5.74) is 0.